The second-order valence-electron chi connectivity index (χ2n) is 9.90. The zero-order valence-corrected chi connectivity index (χ0v) is 16.7. The maximum atomic E-state index is 13.7. The average Bonchev–Trinajstić information content (AvgIpc) is 2.89. The standard InChI is InChI=1S/C23H30N2O2/c1-22(2)20-12-15-6-4-5-7-19(15)23(22,3)10-11-24(20)21(27)25-16-8-9-17(25)14-18(26)13-16/h4-7,16-17,20H,8-14H2,1-3H3/t16-,17+,20-,23+/m1/s1. The molecule has 0 unspecified atom stereocenters. The molecule has 144 valence electrons. The van der Waals surface area contributed by atoms with E-state index in [0.717, 1.165) is 32.2 Å². The molecule has 1 aromatic carbocycles. The maximum Gasteiger partial charge on any atom is 0.320 e. The molecule has 4 bridgehead atoms. The first-order chi connectivity index (χ1) is 12.8. The van der Waals surface area contributed by atoms with Crippen molar-refractivity contribution in [3.8, 4) is 0 Å². The number of piperidine rings is 2. The van der Waals surface area contributed by atoms with Gasteiger partial charge in [-0.25, -0.2) is 4.79 Å². The van der Waals surface area contributed by atoms with E-state index >= 15 is 0 Å². The van der Waals surface area contributed by atoms with E-state index < -0.39 is 0 Å². The molecule has 1 aliphatic carbocycles. The normalized spacial score (nSPS) is 36.6. The highest BCUT2D eigenvalue weighted by atomic mass is 16.2. The summed E-state index contributed by atoms with van der Waals surface area (Å²) in [6.45, 7) is 7.91. The van der Waals surface area contributed by atoms with Crippen LogP contribution in [0.3, 0.4) is 0 Å². The van der Waals surface area contributed by atoms with Gasteiger partial charge in [-0.2, -0.15) is 0 Å². The van der Waals surface area contributed by atoms with Crippen LogP contribution in [-0.2, 0) is 16.6 Å². The largest absolute Gasteiger partial charge is 0.321 e. The van der Waals surface area contributed by atoms with Crippen molar-refractivity contribution in [2.75, 3.05) is 6.54 Å². The van der Waals surface area contributed by atoms with Crippen molar-refractivity contribution in [3.63, 3.8) is 0 Å². The molecule has 2 amide bonds. The lowest BCUT2D eigenvalue weighted by Crippen LogP contribution is -2.67. The van der Waals surface area contributed by atoms with Crippen molar-refractivity contribution in [2.24, 2.45) is 5.41 Å². The van der Waals surface area contributed by atoms with Gasteiger partial charge in [0, 0.05) is 42.9 Å². The van der Waals surface area contributed by atoms with Gasteiger partial charge in [-0.1, -0.05) is 45.0 Å². The van der Waals surface area contributed by atoms with Gasteiger partial charge in [0.25, 0.3) is 0 Å². The number of benzene rings is 1. The number of rotatable bonds is 0. The first-order valence-electron chi connectivity index (χ1n) is 10.5. The Morgan fingerprint density at radius 1 is 1.04 bits per heavy atom. The van der Waals surface area contributed by atoms with E-state index in [1.165, 1.54) is 11.1 Å². The third-order valence-electron chi connectivity index (χ3n) is 8.52. The summed E-state index contributed by atoms with van der Waals surface area (Å²) in [6, 6.07) is 9.49. The third-order valence-corrected chi connectivity index (χ3v) is 8.52. The second-order valence-corrected chi connectivity index (χ2v) is 9.90. The van der Waals surface area contributed by atoms with Crippen LogP contribution in [0.4, 0.5) is 4.79 Å². The van der Waals surface area contributed by atoms with Gasteiger partial charge in [0.15, 0.2) is 0 Å². The van der Waals surface area contributed by atoms with Crippen LogP contribution < -0.4 is 0 Å². The maximum absolute atomic E-state index is 13.7. The minimum absolute atomic E-state index is 0.0277. The second kappa shape index (κ2) is 5.59. The Hall–Kier alpha value is -1.84. The van der Waals surface area contributed by atoms with E-state index in [9.17, 15) is 9.59 Å². The van der Waals surface area contributed by atoms with Crippen LogP contribution >= 0.6 is 0 Å². The molecule has 4 nitrogen and oxygen atoms in total. The first-order valence-corrected chi connectivity index (χ1v) is 10.5. The van der Waals surface area contributed by atoms with Crippen LogP contribution in [0.1, 0.15) is 64.0 Å². The lowest BCUT2D eigenvalue weighted by Gasteiger charge is -2.61. The van der Waals surface area contributed by atoms with Crippen molar-refractivity contribution < 1.29 is 9.59 Å². The highest BCUT2D eigenvalue weighted by Crippen LogP contribution is 2.56. The van der Waals surface area contributed by atoms with Crippen molar-refractivity contribution in [2.45, 2.75) is 82.8 Å². The van der Waals surface area contributed by atoms with Crippen molar-refractivity contribution in [1.82, 2.24) is 9.80 Å². The Morgan fingerprint density at radius 3 is 2.41 bits per heavy atom. The summed E-state index contributed by atoms with van der Waals surface area (Å²) in [6.07, 6.45) is 5.04. The van der Waals surface area contributed by atoms with Gasteiger partial charge in [0.1, 0.15) is 5.78 Å². The third kappa shape index (κ3) is 2.22. The Morgan fingerprint density at radius 2 is 1.70 bits per heavy atom. The summed E-state index contributed by atoms with van der Waals surface area (Å²) in [4.78, 5) is 29.9. The summed E-state index contributed by atoms with van der Waals surface area (Å²) < 4.78 is 0. The molecular formula is C23H30N2O2. The fourth-order valence-electron chi connectivity index (χ4n) is 6.53. The molecule has 0 aromatic heterocycles. The number of carbonyl (C=O) groups is 2. The molecular weight excluding hydrogens is 336 g/mol. The highest BCUT2D eigenvalue weighted by Gasteiger charge is 2.58. The number of carbonyl (C=O) groups excluding carboxylic acids is 2. The Labute approximate surface area is 161 Å². The molecule has 4 heteroatoms. The minimum atomic E-state index is 0.0277. The molecule has 3 heterocycles. The van der Waals surface area contributed by atoms with Crippen molar-refractivity contribution in [3.05, 3.63) is 35.4 Å². The van der Waals surface area contributed by atoms with Gasteiger partial charge in [0.2, 0.25) is 0 Å². The number of urea groups is 1. The first kappa shape index (κ1) is 17.3. The zero-order chi connectivity index (χ0) is 19.0. The van der Waals surface area contributed by atoms with E-state index in [0.29, 0.717) is 18.6 Å². The van der Waals surface area contributed by atoms with Gasteiger partial charge in [-0.15, -0.1) is 0 Å². The molecule has 3 saturated heterocycles. The van der Waals surface area contributed by atoms with Crippen molar-refractivity contribution >= 4 is 11.8 Å². The number of amides is 2. The van der Waals surface area contributed by atoms with Gasteiger partial charge in [-0.3, -0.25) is 4.79 Å². The van der Waals surface area contributed by atoms with E-state index in [-0.39, 0.29) is 35.0 Å². The summed E-state index contributed by atoms with van der Waals surface area (Å²) >= 11 is 0. The monoisotopic (exact) mass is 366 g/mol. The van der Waals surface area contributed by atoms with Crippen LogP contribution in [0.15, 0.2) is 24.3 Å². The SMILES string of the molecule is CC1(C)[C@H]2Cc3ccccc3[C@]1(C)CCN2C(=O)N1[C@@H]2CC[C@H]1CC(=O)C2. The molecule has 0 N–H and O–H groups in total. The van der Waals surface area contributed by atoms with Crippen LogP contribution in [0.2, 0.25) is 0 Å². The van der Waals surface area contributed by atoms with Gasteiger partial charge >= 0.3 is 6.03 Å². The Kier molecular flexibility index (Phi) is 3.57. The predicted molar refractivity (Wildman–Crippen MR) is 105 cm³/mol. The molecule has 0 radical (unpaired) electrons. The van der Waals surface area contributed by atoms with E-state index in [1.54, 1.807) is 0 Å². The van der Waals surface area contributed by atoms with Crippen molar-refractivity contribution in [1.29, 1.82) is 0 Å². The van der Waals surface area contributed by atoms with E-state index in [1.807, 2.05) is 0 Å². The summed E-state index contributed by atoms with van der Waals surface area (Å²) in [7, 11) is 0. The van der Waals surface area contributed by atoms with Gasteiger partial charge in [0.05, 0.1) is 0 Å². The summed E-state index contributed by atoms with van der Waals surface area (Å²) in [5.74, 6) is 0.338. The molecule has 3 fully saturated rings. The topological polar surface area (TPSA) is 40.6 Å². The van der Waals surface area contributed by atoms with E-state index in [4.69, 9.17) is 0 Å². The number of nitrogens with zero attached hydrogens (tertiary/aromatic N) is 2. The fraction of sp³-hybridized carbons (Fsp3) is 0.652. The minimum Gasteiger partial charge on any atom is -0.321 e. The quantitative estimate of drug-likeness (QED) is 0.698. The molecule has 0 spiro atoms. The van der Waals surface area contributed by atoms with Crippen LogP contribution in [0.25, 0.3) is 0 Å². The number of ketones is 1. The fourth-order valence-corrected chi connectivity index (χ4v) is 6.53. The smallest absolute Gasteiger partial charge is 0.320 e. The highest BCUT2D eigenvalue weighted by molar-refractivity contribution is 5.85. The Balaban J connectivity index is 1.50. The molecule has 27 heavy (non-hydrogen) atoms. The Bertz CT molecular complexity index is 800. The molecule has 4 atom stereocenters. The zero-order valence-electron chi connectivity index (χ0n) is 16.7. The number of Topliss-reactive ketones (excluding diaryl/α,β-unsaturated/α-hetero) is 1. The number of hydrogen-bond donors (Lipinski definition) is 0. The van der Waals surface area contributed by atoms with Gasteiger partial charge < -0.3 is 9.80 Å². The van der Waals surface area contributed by atoms with Crippen LogP contribution in [-0.4, -0.2) is 46.3 Å². The molecule has 1 aromatic rings. The predicted octanol–water partition coefficient (Wildman–Crippen LogP) is 3.92. The lowest BCUT2D eigenvalue weighted by atomic mass is 9.51. The molecule has 4 aliphatic rings. The molecule has 3 aliphatic heterocycles. The lowest BCUT2D eigenvalue weighted by molar-refractivity contribution is -0.123. The van der Waals surface area contributed by atoms with Gasteiger partial charge in [-0.05, 0) is 42.2 Å². The average molecular weight is 367 g/mol. The number of fused-ring (bicyclic) bond motifs is 6. The molecule has 0 saturated carbocycles. The van der Waals surface area contributed by atoms with Crippen LogP contribution in [0, 0.1) is 5.41 Å². The van der Waals surface area contributed by atoms with Crippen LogP contribution in [0.5, 0.6) is 0 Å². The van der Waals surface area contributed by atoms with E-state index in [2.05, 4.69) is 54.8 Å². The summed E-state index contributed by atoms with van der Waals surface area (Å²) in [5.41, 5.74) is 3.00. The number of likely N-dealkylation sites (tertiary alicyclic amines) is 1. The molecule has 5 rings (SSSR count). The summed E-state index contributed by atoms with van der Waals surface area (Å²) in [5, 5.41) is 0. The number of hydrogen-bond acceptors (Lipinski definition) is 2.